The van der Waals surface area contributed by atoms with E-state index in [1.807, 2.05) is 6.07 Å². The number of halogens is 1. The topological polar surface area (TPSA) is 50.4 Å². The van der Waals surface area contributed by atoms with Gasteiger partial charge in [-0.05, 0) is 44.3 Å². The van der Waals surface area contributed by atoms with Crippen molar-refractivity contribution in [2.75, 3.05) is 26.8 Å². The summed E-state index contributed by atoms with van der Waals surface area (Å²) in [5.74, 6) is 0.162. The van der Waals surface area contributed by atoms with E-state index in [-0.39, 0.29) is 29.8 Å². The lowest BCUT2D eigenvalue weighted by atomic mass is 9.78. The van der Waals surface area contributed by atoms with Crippen LogP contribution in [0.15, 0.2) is 30.3 Å². The highest BCUT2D eigenvalue weighted by Crippen LogP contribution is 2.30. The van der Waals surface area contributed by atoms with E-state index in [4.69, 9.17) is 4.74 Å². The van der Waals surface area contributed by atoms with Gasteiger partial charge in [0.25, 0.3) is 0 Å². The number of amides is 1. The quantitative estimate of drug-likeness (QED) is 0.754. The van der Waals surface area contributed by atoms with E-state index in [0.717, 1.165) is 45.2 Å². The van der Waals surface area contributed by atoms with E-state index in [2.05, 4.69) is 41.8 Å². The average Bonchev–Trinajstić information content (AvgIpc) is 2.57. The molecule has 1 aromatic rings. The van der Waals surface area contributed by atoms with Gasteiger partial charge in [-0.15, -0.1) is 12.4 Å². The van der Waals surface area contributed by atoms with Gasteiger partial charge in [0.1, 0.15) is 0 Å². The first-order valence-electron chi connectivity index (χ1n) is 8.75. The summed E-state index contributed by atoms with van der Waals surface area (Å²) in [4.78, 5) is 13.0. The molecule has 0 aliphatic carbocycles. The van der Waals surface area contributed by atoms with Crippen LogP contribution in [0.5, 0.6) is 0 Å². The van der Waals surface area contributed by atoms with Gasteiger partial charge in [-0.2, -0.15) is 0 Å². The third-order valence-corrected chi connectivity index (χ3v) is 4.76. The van der Waals surface area contributed by atoms with Gasteiger partial charge in [-0.3, -0.25) is 4.79 Å². The van der Waals surface area contributed by atoms with Crippen LogP contribution in [0.3, 0.4) is 0 Å². The Hall–Kier alpha value is -1.10. The number of carbonyl (C=O) groups excluding carboxylic acids is 1. The van der Waals surface area contributed by atoms with E-state index in [1.165, 1.54) is 5.56 Å². The fourth-order valence-electron chi connectivity index (χ4n) is 3.43. The molecule has 1 unspecified atom stereocenters. The molecule has 1 atom stereocenters. The zero-order valence-electron chi connectivity index (χ0n) is 14.8. The van der Waals surface area contributed by atoms with Crippen molar-refractivity contribution in [1.82, 2.24) is 10.6 Å². The van der Waals surface area contributed by atoms with Crippen LogP contribution in [-0.4, -0.2) is 38.8 Å². The lowest BCUT2D eigenvalue weighted by molar-refractivity contribution is -0.137. The van der Waals surface area contributed by atoms with Crippen molar-refractivity contribution >= 4 is 18.3 Å². The van der Waals surface area contributed by atoms with Crippen molar-refractivity contribution in [3.63, 3.8) is 0 Å². The first kappa shape index (κ1) is 20.9. The Morgan fingerprint density at radius 2 is 1.96 bits per heavy atom. The Bertz CT molecular complexity index is 470. The number of ether oxygens (including phenoxy) is 1. The molecule has 0 radical (unpaired) electrons. The van der Waals surface area contributed by atoms with Crippen molar-refractivity contribution < 1.29 is 9.53 Å². The van der Waals surface area contributed by atoms with Gasteiger partial charge in [0, 0.05) is 13.2 Å². The summed E-state index contributed by atoms with van der Waals surface area (Å²) < 4.78 is 5.38. The maximum Gasteiger partial charge on any atom is 0.228 e. The summed E-state index contributed by atoms with van der Waals surface area (Å²) in [6.45, 7) is 4.44. The van der Waals surface area contributed by atoms with Crippen LogP contribution in [0.1, 0.15) is 38.2 Å². The summed E-state index contributed by atoms with van der Waals surface area (Å²) in [7, 11) is 1.69. The Morgan fingerprint density at radius 1 is 1.29 bits per heavy atom. The molecule has 1 aromatic carbocycles. The SMILES string of the molecule is CCCC(Cc1ccccc1)NC(=O)C1(COC)CCNCC1.Cl. The number of hydrogen-bond donors (Lipinski definition) is 2. The molecule has 2 N–H and O–H groups in total. The van der Waals surface area contributed by atoms with E-state index in [0.29, 0.717) is 6.61 Å². The van der Waals surface area contributed by atoms with Crippen molar-refractivity contribution in [3.05, 3.63) is 35.9 Å². The minimum absolute atomic E-state index is 0. The Labute approximate surface area is 152 Å². The minimum Gasteiger partial charge on any atom is -0.384 e. The average molecular weight is 355 g/mol. The molecule has 24 heavy (non-hydrogen) atoms. The van der Waals surface area contributed by atoms with E-state index in [9.17, 15) is 4.79 Å². The molecule has 0 bridgehead atoms. The predicted molar refractivity (Wildman–Crippen MR) is 101 cm³/mol. The maximum atomic E-state index is 13.0. The van der Waals surface area contributed by atoms with Crippen LogP contribution in [-0.2, 0) is 16.0 Å². The fourth-order valence-corrected chi connectivity index (χ4v) is 3.43. The molecular formula is C19H31ClN2O2. The van der Waals surface area contributed by atoms with E-state index >= 15 is 0 Å². The lowest BCUT2D eigenvalue weighted by Crippen LogP contribution is -2.52. The highest BCUT2D eigenvalue weighted by molar-refractivity contribution is 5.85. The van der Waals surface area contributed by atoms with Crippen LogP contribution < -0.4 is 10.6 Å². The second-order valence-electron chi connectivity index (χ2n) is 6.61. The Balaban J connectivity index is 0.00000288. The van der Waals surface area contributed by atoms with Crippen LogP contribution in [0.4, 0.5) is 0 Å². The molecular weight excluding hydrogens is 324 g/mol. The molecule has 0 spiro atoms. The second kappa shape index (κ2) is 10.7. The van der Waals surface area contributed by atoms with Crippen LogP contribution >= 0.6 is 12.4 Å². The van der Waals surface area contributed by atoms with Gasteiger partial charge in [-0.1, -0.05) is 43.7 Å². The van der Waals surface area contributed by atoms with Gasteiger partial charge in [-0.25, -0.2) is 0 Å². The molecule has 1 amide bonds. The third kappa shape index (κ3) is 5.76. The number of benzene rings is 1. The van der Waals surface area contributed by atoms with Gasteiger partial charge in [0.2, 0.25) is 5.91 Å². The zero-order valence-corrected chi connectivity index (χ0v) is 15.7. The fraction of sp³-hybridized carbons (Fsp3) is 0.632. The minimum atomic E-state index is -0.372. The molecule has 1 saturated heterocycles. The monoisotopic (exact) mass is 354 g/mol. The van der Waals surface area contributed by atoms with Crippen LogP contribution in [0.25, 0.3) is 0 Å². The van der Waals surface area contributed by atoms with Gasteiger partial charge < -0.3 is 15.4 Å². The van der Waals surface area contributed by atoms with Crippen LogP contribution in [0, 0.1) is 5.41 Å². The molecule has 0 aromatic heterocycles. The summed E-state index contributed by atoms with van der Waals surface area (Å²) in [5.41, 5.74) is 0.903. The zero-order chi connectivity index (χ0) is 16.5. The number of piperidine rings is 1. The van der Waals surface area contributed by atoms with Crippen molar-refractivity contribution in [2.45, 2.75) is 45.1 Å². The molecule has 0 saturated carbocycles. The summed E-state index contributed by atoms with van der Waals surface area (Å²) >= 11 is 0. The standard InChI is InChI=1S/C19H30N2O2.ClH/c1-3-7-17(14-16-8-5-4-6-9-16)21-18(22)19(15-23-2)10-12-20-13-11-19;/h4-6,8-9,17,20H,3,7,10-15H2,1-2H3,(H,21,22);1H. The van der Waals surface area contributed by atoms with Crippen molar-refractivity contribution in [3.8, 4) is 0 Å². The molecule has 1 fully saturated rings. The number of nitrogens with one attached hydrogen (secondary N) is 2. The molecule has 5 heteroatoms. The maximum absolute atomic E-state index is 13.0. The molecule has 136 valence electrons. The van der Waals surface area contributed by atoms with Crippen LogP contribution in [0.2, 0.25) is 0 Å². The molecule has 1 heterocycles. The summed E-state index contributed by atoms with van der Waals surface area (Å²) in [6, 6.07) is 10.6. The van der Waals surface area contributed by atoms with Gasteiger partial charge in [0.15, 0.2) is 0 Å². The normalized spacial score (nSPS) is 17.6. The number of methoxy groups -OCH3 is 1. The number of carbonyl (C=O) groups is 1. The number of hydrogen-bond acceptors (Lipinski definition) is 3. The van der Waals surface area contributed by atoms with E-state index in [1.54, 1.807) is 7.11 Å². The predicted octanol–water partition coefficient (Wildman–Crippen LogP) is 2.95. The largest absolute Gasteiger partial charge is 0.384 e. The van der Waals surface area contributed by atoms with Crippen molar-refractivity contribution in [1.29, 1.82) is 0 Å². The van der Waals surface area contributed by atoms with E-state index < -0.39 is 0 Å². The first-order valence-corrected chi connectivity index (χ1v) is 8.75. The Morgan fingerprint density at radius 3 is 2.54 bits per heavy atom. The lowest BCUT2D eigenvalue weighted by Gasteiger charge is -2.37. The van der Waals surface area contributed by atoms with Gasteiger partial charge >= 0.3 is 0 Å². The Kier molecular flexibility index (Phi) is 9.34. The third-order valence-electron chi connectivity index (χ3n) is 4.76. The smallest absolute Gasteiger partial charge is 0.228 e. The first-order chi connectivity index (χ1) is 11.2. The van der Waals surface area contributed by atoms with Gasteiger partial charge in [0.05, 0.1) is 12.0 Å². The summed E-state index contributed by atoms with van der Waals surface area (Å²) in [6.07, 6.45) is 4.65. The highest BCUT2D eigenvalue weighted by Gasteiger charge is 2.40. The summed E-state index contributed by atoms with van der Waals surface area (Å²) in [5, 5.41) is 6.65. The second-order valence-corrected chi connectivity index (χ2v) is 6.61. The molecule has 4 nitrogen and oxygen atoms in total. The number of rotatable bonds is 8. The molecule has 1 aliphatic rings. The molecule has 1 aliphatic heterocycles. The highest BCUT2D eigenvalue weighted by atomic mass is 35.5. The molecule has 2 rings (SSSR count). The van der Waals surface area contributed by atoms with Crippen molar-refractivity contribution in [2.24, 2.45) is 5.41 Å².